The van der Waals surface area contributed by atoms with Crippen LogP contribution in [-0.2, 0) is 22.9 Å². The summed E-state index contributed by atoms with van der Waals surface area (Å²) in [6.45, 7) is 5.51. The van der Waals surface area contributed by atoms with Crippen molar-refractivity contribution in [2.24, 2.45) is 5.92 Å². The van der Waals surface area contributed by atoms with E-state index in [9.17, 15) is 8.42 Å². The molecule has 0 bridgehead atoms. The predicted molar refractivity (Wildman–Crippen MR) is 149 cm³/mol. The molecule has 37 heavy (non-hydrogen) atoms. The van der Waals surface area contributed by atoms with Gasteiger partial charge in [0.05, 0.1) is 10.6 Å². The van der Waals surface area contributed by atoms with Crippen LogP contribution in [0, 0.1) is 12.8 Å². The first kappa shape index (κ1) is 26.4. The van der Waals surface area contributed by atoms with Crippen LogP contribution >= 0.6 is 11.3 Å². The largest absolute Gasteiger partial charge is 1.00 e. The molecule has 6 rings (SSSR count). The zero-order valence-corrected chi connectivity index (χ0v) is 23.7. The van der Waals surface area contributed by atoms with Crippen molar-refractivity contribution < 1.29 is 20.8 Å². The summed E-state index contributed by atoms with van der Waals surface area (Å²) in [7, 11) is -3.46. The van der Waals surface area contributed by atoms with Crippen molar-refractivity contribution in [2.45, 2.75) is 57.3 Å². The fraction of sp³-hybridized carbons (Fsp3) is 0.367. The van der Waals surface area contributed by atoms with E-state index in [2.05, 4.69) is 44.2 Å². The van der Waals surface area contributed by atoms with Crippen LogP contribution in [0.15, 0.2) is 59.5 Å². The quantitative estimate of drug-likeness (QED) is 0.381. The number of pyridine rings is 1. The number of sulfonamides is 1. The van der Waals surface area contributed by atoms with E-state index in [1.807, 2.05) is 23.5 Å². The van der Waals surface area contributed by atoms with Crippen LogP contribution in [0.2, 0.25) is 0 Å². The van der Waals surface area contributed by atoms with Gasteiger partial charge in [-0.05, 0) is 86.3 Å². The van der Waals surface area contributed by atoms with Crippen molar-refractivity contribution in [2.75, 3.05) is 13.1 Å². The van der Waals surface area contributed by atoms with Gasteiger partial charge in [-0.2, -0.15) is 4.31 Å². The molecular formula is C30H32ClN2O2S2-. The first-order chi connectivity index (χ1) is 17.4. The van der Waals surface area contributed by atoms with Crippen molar-refractivity contribution in [1.29, 1.82) is 0 Å². The Morgan fingerprint density at radius 1 is 0.919 bits per heavy atom. The number of fused-ring (bicyclic) bond motifs is 3. The third-order valence-electron chi connectivity index (χ3n) is 7.82. The highest BCUT2D eigenvalue weighted by atomic mass is 35.5. The molecule has 0 atom stereocenters. The molecule has 1 saturated heterocycles. The van der Waals surface area contributed by atoms with Crippen LogP contribution < -0.4 is 12.4 Å². The number of halogens is 1. The molecule has 0 spiro atoms. The summed E-state index contributed by atoms with van der Waals surface area (Å²) in [6.07, 6.45) is 6.60. The summed E-state index contributed by atoms with van der Waals surface area (Å²) in [5.74, 6) is 0.588. The lowest BCUT2D eigenvalue weighted by atomic mass is 9.92. The molecule has 3 heterocycles. The van der Waals surface area contributed by atoms with E-state index >= 15 is 0 Å². The van der Waals surface area contributed by atoms with Gasteiger partial charge in [0.15, 0.2) is 0 Å². The van der Waals surface area contributed by atoms with Gasteiger partial charge in [-0.15, -0.1) is 11.3 Å². The molecule has 0 radical (unpaired) electrons. The van der Waals surface area contributed by atoms with E-state index in [1.54, 1.807) is 16.4 Å². The molecule has 2 aliphatic rings. The van der Waals surface area contributed by atoms with Crippen molar-refractivity contribution in [3.05, 3.63) is 70.6 Å². The monoisotopic (exact) mass is 551 g/mol. The van der Waals surface area contributed by atoms with E-state index in [-0.39, 0.29) is 12.4 Å². The van der Waals surface area contributed by atoms with Gasteiger partial charge in [0, 0.05) is 28.9 Å². The molecule has 2 aromatic carbocycles. The molecule has 7 heteroatoms. The fourth-order valence-corrected chi connectivity index (χ4v) is 8.30. The second-order valence-corrected chi connectivity index (χ2v) is 13.4. The highest BCUT2D eigenvalue weighted by Gasteiger charge is 2.28. The Hall–Kier alpha value is -2.25. The van der Waals surface area contributed by atoms with E-state index < -0.39 is 10.0 Å². The van der Waals surface area contributed by atoms with Gasteiger partial charge in [-0.25, -0.2) is 13.4 Å². The molecule has 0 saturated carbocycles. The van der Waals surface area contributed by atoms with E-state index in [1.165, 1.54) is 45.4 Å². The van der Waals surface area contributed by atoms with Crippen molar-refractivity contribution in [1.82, 2.24) is 9.29 Å². The third kappa shape index (κ3) is 4.97. The Balaban J connectivity index is 0.00000280. The Kier molecular flexibility index (Phi) is 7.47. The summed E-state index contributed by atoms with van der Waals surface area (Å²) >= 11 is 1.83. The number of thiophene rings is 1. The number of piperidine rings is 1. The lowest BCUT2D eigenvalue weighted by molar-refractivity contribution is -0.00000998. The van der Waals surface area contributed by atoms with Crippen LogP contribution in [0.25, 0.3) is 32.6 Å². The number of rotatable bonds is 4. The number of benzene rings is 2. The minimum atomic E-state index is -3.46. The van der Waals surface area contributed by atoms with Gasteiger partial charge in [-0.3, -0.25) is 0 Å². The number of hydrogen-bond donors (Lipinski definition) is 0. The van der Waals surface area contributed by atoms with Crippen LogP contribution in [-0.4, -0.2) is 30.8 Å². The first-order valence-corrected chi connectivity index (χ1v) is 15.3. The van der Waals surface area contributed by atoms with Gasteiger partial charge in [0.25, 0.3) is 0 Å². The number of hydrogen-bond acceptors (Lipinski definition) is 4. The number of nitrogens with zero attached hydrogens (tertiary/aromatic N) is 2. The number of aryl methyl sites for hydroxylation is 3. The summed E-state index contributed by atoms with van der Waals surface area (Å²) in [4.78, 5) is 8.04. The van der Waals surface area contributed by atoms with E-state index in [0.717, 1.165) is 41.8 Å². The fourth-order valence-electron chi connectivity index (χ4n) is 5.54. The molecule has 2 aromatic heterocycles. The molecule has 1 aliphatic carbocycles. The maximum Gasteiger partial charge on any atom is 0.243 e. The highest BCUT2D eigenvalue weighted by molar-refractivity contribution is 7.89. The minimum absolute atomic E-state index is 0. The third-order valence-corrected chi connectivity index (χ3v) is 10.9. The summed E-state index contributed by atoms with van der Waals surface area (Å²) < 4.78 is 28.1. The minimum Gasteiger partial charge on any atom is -1.00 e. The Bertz CT molecular complexity index is 1520. The van der Waals surface area contributed by atoms with E-state index in [4.69, 9.17) is 4.98 Å². The normalized spacial score (nSPS) is 16.9. The zero-order chi connectivity index (χ0) is 24.9. The Labute approximate surface area is 230 Å². The topological polar surface area (TPSA) is 50.3 Å². The molecule has 0 N–H and O–H groups in total. The van der Waals surface area contributed by atoms with Crippen LogP contribution in [0.3, 0.4) is 0 Å². The summed E-state index contributed by atoms with van der Waals surface area (Å²) in [5, 5.41) is 1.31. The SMILES string of the molecule is Cc1ccc(-c2cc(-c3ccc(S(=O)(=O)N4CCC(C)CC4)cc3)nc3sc4c(c23)CCCC4)cc1.[Cl-]. The van der Waals surface area contributed by atoms with Crippen molar-refractivity contribution in [3.63, 3.8) is 0 Å². The standard InChI is InChI=1S/C30H32N2O2S2.ClH/c1-20-7-9-22(10-8-20)26-19-27(31-30-29(26)25-5-3-4-6-28(25)35-30)23-11-13-24(14-12-23)36(33,34)32-17-15-21(2)16-18-32;/h7-14,19,21H,3-6,15-18H2,1-2H3;1H/p-1. The van der Waals surface area contributed by atoms with E-state index in [0.29, 0.717) is 23.9 Å². The molecule has 194 valence electrons. The van der Waals surface area contributed by atoms with Crippen LogP contribution in [0.4, 0.5) is 0 Å². The van der Waals surface area contributed by atoms with Crippen LogP contribution in [0.1, 0.15) is 48.6 Å². The molecular weight excluding hydrogens is 520 g/mol. The molecule has 0 unspecified atom stereocenters. The summed E-state index contributed by atoms with van der Waals surface area (Å²) in [6, 6.07) is 18.3. The van der Waals surface area contributed by atoms with Gasteiger partial charge >= 0.3 is 0 Å². The second kappa shape index (κ2) is 10.5. The lowest BCUT2D eigenvalue weighted by Crippen LogP contribution is -3.00. The van der Waals surface area contributed by atoms with Gasteiger partial charge in [-0.1, -0.05) is 48.9 Å². The predicted octanol–water partition coefficient (Wildman–Crippen LogP) is 4.24. The van der Waals surface area contributed by atoms with Gasteiger partial charge < -0.3 is 12.4 Å². The van der Waals surface area contributed by atoms with Crippen molar-refractivity contribution in [3.8, 4) is 22.4 Å². The maximum absolute atomic E-state index is 13.2. The molecule has 4 aromatic rings. The van der Waals surface area contributed by atoms with Gasteiger partial charge in [0.2, 0.25) is 10.0 Å². The molecule has 1 fully saturated rings. The number of aromatic nitrogens is 1. The summed E-state index contributed by atoms with van der Waals surface area (Å²) in [5.41, 5.74) is 7.01. The highest BCUT2D eigenvalue weighted by Crippen LogP contribution is 2.42. The van der Waals surface area contributed by atoms with Crippen molar-refractivity contribution >= 4 is 31.6 Å². The average molecular weight is 552 g/mol. The smallest absolute Gasteiger partial charge is 0.243 e. The Morgan fingerprint density at radius 2 is 1.57 bits per heavy atom. The maximum atomic E-state index is 13.2. The van der Waals surface area contributed by atoms with Gasteiger partial charge in [0.1, 0.15) is 4.83 Å². The molecule has 4 nitrogen and oxygen atoms in total. The molecule has 1 aliphatic heterocycles. The van der Waals surface area contributed by atoms with Crippen LogP contribution in [0.5, 0.6) is 0 Å². The zero-order valence-electron chi connectivity index (χ0n) is 21.3. The Morgan fingerprint density at radius 3 is 2.27 bits per heavy atom. The second-order valence-electron chi connectivity index (χ2n) is 10.4. The lowest BCUT2D eigenvalue weighted by Gasteiger charge is -2.29. The first-order valence-electron chi connectivity index (χ1n) is 13.0. The average Bonchev–Trinajstić information content (AvgIpc) is 3.28. The molecule has 0 amide bonds.